The second kappa shape index (κ2) is 7.71. The summed E-state index contributed by atoms with van der Waals surface area (Å²) >= 11 is 0. The molecule has 0 saturated carbocycles. The lowest BCUT2D eigenvalue weighted by atomic mass is 9.75. The molecule has 0 radical (unpaired) electrons. The summed E-state index contributed by atoms with van der Waals surface area (Å²) in [6.45, 7) is 1.03. The van der Waals surface area contributed by atoms with Crippen molar-refractivity contribution in [3.8, 4) is 12.1 Å². The number of hydrogen-bond donors (Lipinski definition) is 2. The molecule has 30 heavy (non-hydrogen) atoms. The fourth-order valence-electron chi connectivity index (χ4n) is 2.70. The molecule has 1 aliphatic carbocycles. The van der Waals surface area contributed by atoms with Crippen LogP contribution in [0.5, 0.6) is 0 Å². The van der Waals surface area contributed by atoms with Gasteiger partial charge in [0.05, 0.1) is 28.3 Å². The van der Waals surface area contributed by atoms with Crippen LogP contribution in [0, 0.1) is 33.9 Å². The summed E-state index contributed by atoms with van der Waals surface area (Å²) in [5.41, 5.74) is -3.90. The van der Waals surface area contributed by atoms with Gasteiger partial charge in [0.2, 0.25) is 0 Å². The van der Waals surface area contributed by atoms with Crippen molar-refractivity contribution in [1.82, 2.24) is 5.43 Å². The molecule has 0 bridgehead atoms. The minimum absolute atomic E-state index is 0.424. The molecule has 0 aromatic heterocycles. The van der Waals surface area contributed by atoms with Gasteiger partial charge in [-0.15, -0.1) is 0 Å². The molecule has 0 spiro atoms. The molecule has 0 saturated heterocycles. The lowest BCUT2D eigenvalue weighted by molar-refractivity contribution is -0.139. The third-order valence-electron chi connectivity index (χ3n) is 4.30. The van der Waals surface area contributed by atoms with Gasteiger partial charge in [-0.2, -0.15) is 36.9 Å². The van der Waals surface area contributed by atoms with Crippen LogP contribution in [0.2, 0.25) is 0 Å². The second-order valence-electron chi connectivity index (χ2n) is 6.40. The van der Waals surface area contributed by atoms with Gasteiger partial charge in [-0.1, -0.05) is 6.08 Å². The van der Waals surface area contributed by atoms with E-state index in [1.54, 1.807) is 5.43 Å². The Labute approximate surface area is 165 Å². The first-order chi connectivity index (χ1) is 13.7. The highest BCUT2D eigenvalue weighted by atomic mass is 19.4. The summed E-state index contributed by atoms with van der Waals surface area (Å²) in [6.07, 6.45) is -9.16. The average Bonchev–Trinajstić information content (AvgIpc) is 2.64. The maximum absolute atomic E-state index is 13.9. The van der Waals surface area contributed by atoms with E-state index in [4.69, 9.17) is 10.5 Å². The van der Waals surface area contributed by atoms with Crippen molar-refractivity contribution in [1.29, 1.82) is 10.5 Å². The van der Waals surface area contributed by atoms with Gasteiger partial charge in [-0.3, -0.25) is 15.6 Å². The Morgan fingerprint density at radius 2 is 1.77 bits per heavy atom. The number of carbonyl (C=O) groups is 1. The van der Waals surface area contributed by atoms with E-state index in [-0.39, 0.29) is 0 Å². The van der Waals surface area contributed by atoms with Gasteiger partial charge in [0.25, 0.3) is 5.91 Å². The van der Waals surface area contributed by atoms with Crippen molar-refractivity contribution in [3.05, 3.63) is 52.4 Å². The van der Waals surface area contributed by atoms with E-state index in [2.05, 4.69) is 0 Å². The number of nitrogens with zero attached hydrogens (tertiary/aromatic N) is 2. The SMILES string of the molecule is CC1(C#N)CC=C(C(=O)NNc2ccc(C#N)c(F)c2C(F)(F)F)C=C1C(F)(F)F. The normalized spacial score (nSPS) is 19.1. The maximum atomic E-state index is 13.9. The fourth-order valence-corrected chi connectivity index (χ4v) is 2.70. The standard InChI is InChI=1S/C18H11F7N4O/c1-16(8-27)5-4-9(6-12(16)17(20,21)22)15(30)29-28-11-3-2-10(7-26)14(19)13(11)18(23,24)25/h2-4,6,28H,5H2,1H3,(H,29,30). The molecule has 2 rings (SSSR count). The quantitative estimate of drug-likeness (QED) is 0.544. The zero-order valence-corrected chi connectivity index (χ0v) is 15.0. The molecule has 158 valence electrons. The zero-order chi connectivity index (χ0) is 22.9. The highest BCUT2D eigenvalue weighted by molar-refractivity contribution is 5.97. The number of nitrogens with one attached hydrogen (secondary N) is 2. The van der Waals surface area contributed by atoms with Gasteiger partial charge in [0, 0.05) is 5.57 Å². The van der Waals surface area contributed by atoms with Gasteiger partial charge in [-0.25, -0.2) is 4.39 Å². The van der Waals surface area contributed by atoms with E-state index < -0.39 is 63.9 Å². The number of benzene rings is 1. The van der Waals surface area contributed by atoms with Crippen LogP contribution >= 0.6 is 0 Å². The summed E-state index contributed by atoms with van der Waals surface area (Å²) in [4.78, 5) is 12.1. The molecule has 5 nitrogen and oxygen atoms in total. The Hall–Kier alpha value is -3.54. The molecule has 2 N–H and O–H groups in total. The number of hydrogen-bond acceptors (Lipinski definition) is 4. The van der Waals surface area contributed by atoms with E-state index in [9.17, 15) is 35.5 Å². The Kier molecular flexibility index (Phi) is 5.84. The molecular formula is C18H11F7N4O. The Morgan fingerprint density at radius 1 is 1.13 bits per heavy atom. The van der Waals surface area contributed by atoms with Crippen LogP contribution < -0.4 is 10.9 Å². The van der Waals surface area contributed by atoms with E-state index in [1.807, 2.05) is 5.43 Å². The maximum Gasteiger partial charge on any atom is 0.421 e. The van der Waals surface area contributed by atoms with Crippen molar-refractivity contribution in [3.63, 3.8) is 0 Å². The first-order valence-corrected chi connectivity index (χ1v) is 8.01. The van der Waals surface area contributed by atoms with E-state index in [0.29, 0.717) is 12.1 Å². The molecule has 12 heteroatoms. The highest BCUT2D eigenvalue weighted by Crippen LogP contribution is 2.45. The number of anilines is 1. The number of hydrazine groups is 1. The summed E-state index contributed by atoms with van der Waals surface area (Å²) in [5, 5.41) is 17.7. The van der Waals surface area contributed by atoms with E-state index >= 15 is 0 Å². The lowest BCUT2D eigenvalue weighted by Gasteiger charge is -2.29. The summed E-state index contributed by atoms with van der Waals surface area (Å²) in [5.74, 6) is -3.11. The minimum Gasteiger partial charge on any atom is -0.298 e. The predicted octanol–water partition coefficient (Wildman–Crippen LogP) is 4.51. The molecule has 1 aromatic rings. The number of halogens is 7. The van der Waals surface area contributed by atoms with Gasteiger partial charge in [0.15, 0.2) is 5.82 Å². The number of alkyl halides is 6. The third-order valence-corrected chi connectivity index (χ3v) is 4.30. The van der Waals surface area contributed by atoms with Crippen LogP contribution in [-0.2, 0) is 11.0 Å². The molecule has 1 atom stereocenters. The largest absolute Gasteiger partial charge is 0.421 e. The summed E-state index contributed by atoms with van der Waals surface area (Å²) < 4.78 is 93.0. The van der Waals surface area contributed by atoms with Crippen LogP contribution in [0.25, 0.3) is 0 Å². The summed E-state index contributed by atoms with van der Waals surface area (Å²) in [6, 6.07) is 4.19. The molecule has 1 aromatic carbocycles. The van der Waals surface area contributed by atoms with Crippen LogP contribution in [0.1, 0.15) is 24.5 Å². The van der Waals surface area contributed by atoms with Crippen molar-refractivity contribution < 1.29 is 35.5 Å². The summed E-state index contributed by atoms with van der Waals surface area (Å²) in [7, 11) is 0. The second-order valence-corrected chi connectivity index (χ2v) is 6.40. The molecule has 0 aliphatic heterocycles. The van der Waals surface area contributed by atoms with Crippen molar-refractivity contribution in [2.75, 3.05) is 5.43 Å². The molecular weight excluding hydrogens is 421 g/mol. The van der Waals surface area contributed by atoms with Crippen LogP contribution in [0.3, 0.4) is 0 Å². The van der Waals surface area contributed by atoms with Crippen LogP contribution in [-0.4, -0.2) is 12.1 Å². The first-order valence-electron chi connectivity index (χ1n) is 8.01. The topological polar surface area (TPSA) is 88.7 Å². The number of nitriles is 2. The fraction of sp³-hybridized carbons (Fsp3) is 0.278. The first kappa shape index (κ1) is 22.7. The highest BCUT2D eigenvalue weighted by Gasteiger charge is 2.47. The van der Waals surface area contributed by atoms with Gasteiger partial charge in [0.1, 0.15) is 11.6 Å². The van der Waals surface area contributed by atoms with E-state index in [1.165, 1.54) is 12.1 Å². The number of allylic oxidation sites excluding steroid dienone is 2. The van der Waals surface area contributed by atoms with Gasteiger partial charge < -0.3 is 0 Å². The molecule has 1 unspecified atom stereocenters. The monoisotopic (exact) mass is 432 g/mol. The van der Waals surface area contributed by atoms with Gasteiger partial charge >= 0.3 is 12.4 Å². The van der Waals surface area contributed by atoms with Crippen LogP contribution in [0.4, 0.5) is 36.4 Å². The van der Waals surface area contributed by atoms with Crippen LogP contribution in [0.15, 0.2) is 35.4 Å². The van der Waals surface area contributed by atoms with Crippen molar-refractivity contribution in [2.24, 2.45) is 5.41 Å². The minimum atomic E-state index is -5.23. The Morgan fingerprint density at radius 3 is 2.27 bits per heavy atom. The van der Waals surface area contributed by atoms with E-state index in [0.717, 1.165) is 19.1 Å². The molecule has 1 amide bonds. The van der Waals surface area contributed by atoms with Gasteiger partial charge in [-0.05, 0) is 31.6 Å². The predicted molar refractivity (Wildman–Crippen MR) is 88.4 cm³/mol. The number of amides is 1. The molecule has 1 aliphatic rings. The Balaban J connectivity index is 2.32. The average molecular weight is 432 g/mol. The molecule has 0 fully saturated rings. The number of rotatable bonds is 3. The van der Waals surface area contributed by atoms with Crippen molar-refractivity contribution >= 4 is 11.6 Å². The van der Waals surface area contributed by atoms with Crippen molar-refractivity contribution in [2.45, 2.75) is 25.7 Å². The lowest BCUT2D eigenvalue weighted by Crippen LogP contribution is -2.35. The third kappa shape index (κ3) is 4.38. The smallest absolute Gasteiger partial charge is 0.298 e. The molecule has 0 heterocycles. The Bertz CT molecular complexity index is 1030. The number of carbonyl (C=O) groups excluding carboxylic acids is 1. The zero-order valence-electron chi connectivity index (χ0n) is 15.0.